The Morgan fingerprint density at radius 2 is 1.29 bits per heavy atom. The van der Waals surface area contributed by atoms with E-state index in [0.29, 0.717) is 11.4 Å². The molecule has 4 unspecified atom stereocenters. The number of aliphatic carboxylic acids is 2. The highest BCUT2D eigenvalue weighted by Gasteiger charge is 2.32. The van der Waals surface area contributed by atoms with E-state index in [0.717, 1.165) is 0 Å². The van der Waals surface area contributed by atoms with Gasteiger partial charge in [-0.05, 0) is 6.42 Å². The molecule has 0 aliphatic rings. The molecule has 206 valence electrons. The van der Waals surface area contributed by atoms with Crippen molar-refractivity contribution in [2.75, 3.05) is 0 Å². The van der Waals surface area contributed by atoms with Crippen molar-refractivity contribution in [1.29, 1.82) is 0 Å². The number of carbonyl (C=O) groups excluding carboxylic acids is 4. The molecule has 2 aromatic heterocycles. The Hall–Kier alpha value is -4.80. The number of rotatable bonds is 16. The van der Waals surface area contributed by atoms with E-state index in [1.165, 1.54) is 25.0 Å². The molecule has 0 radical (unpaired) electrons. The summed E-state index contributed by atoms with van der Waals surface area (Å²) in [6.45, 7) is 0. The summed E-state index contributed by atoms with van der Waals surface area (Å²) in [4.78, 5) is 85.4. The number of H-pyrrole nitrogens is 2. The maximum atomic E-state index is 13.2. The maximum Gasteiger partial charge on any atom is 0.326 e. The van der Waals surface area contributed by atoms with Gasteiger partial charge in [-0.15, -0.1) is 0 Å². The molecule has 0 spiro atoms. The van der Waals surface area contributed by atoms with Crippen molar-refractivity contribution in [3.8, 4) is 0 Å². The lowest BCUT2D eigenvalue weighted by molar-refractivity contribution is -0.147. The van der Waals surface area contributed by atoms with Gasteiger partial charge in [0, 0.05) is 43.0 Å². The van der Waals surface area contributed by atoms with Crippen molar-refractivity contribution in [3.05, 3.63) is 36.4 Å². The molecule has 0 saturated heterocycles. The molecular formula is C21H29N9O8. The topological polar surface area (TPSA) is 288 Å². The molecule has 0 saturated carbocycles. The largest absolute Gasteiger partial charge is 0.481 e. The van der Waals surface area contributed by atoms with Gasteiger partial charge in [0.15, 0.2) is 0 Å². The number of carboxylic acids is 2. The number of carbonyl (C=O) groups is 6. The molecule has 17 heteroatoms. The number of aromatic nitrogens is 4. The Balaban J connectivity index is 2.23. The molecule has 0 bridgehead atoms. The van der Waals surface area contributed by atoms with E-state index in [1.807, 2.05) is 0 Å². The van der Waals surface area contributed by atoms with Crippen molar-refractivity contribution >= 4 is 35.6 Å². The Morgan fingerprint density at radius 1 is 0.816 bits per heavy atom. The van der Waals surface area contributed by atoms with Crippen LogP contribution in [-0.4, -0.2) is 89.9 Å². The molecule has 0 fully saturated rings. The Labute approximate surface area is 215 Å². The number of nitrogens with one attached hydrogen (secondary N) is 5. The standard InChI is InChI=1S/C21H29N9O8/c22-12(1-2-16(23)31)18(34)28-13(3-10-6-24-8-26-10)19(35)29-14(4-11-7-25-9-27-11)20(36)30-15(21(37)38)5-17(32)33/h6-9,12-15H,1-5,22H2,(H2,23,31)(H,24,26)(H,25,27)(H,28,34)(H,29,35)(H,30,36)(H,32,33)(H,37,38). The second-order valence-electron chi connectivity index (χ2n) is 8.29. The van der Waals surface area contributed by atoms with Crippen molar-refractivity contribution in [3.63, 3.8) is 0 Å². The third-order valence-electron chi connectivity index (χ3n) is 5.26. The highest BCUT2D eigenvalue weighted by molar-refractivity contribution is 5.95. The number of aromatic amines is 2. The average molecular weight is 536 g/mol. The monoisotopic (exact) mass is 535 g/mol. The first-order valence-electron chi connectivity index (χ1n) is 11.3. The lowest BCUT2D eigenvalue weighted by Crippen LogP contribution is -2.58. The van der Waals surface area contributed by atoms with Gasteiger partial charge < -0.3 is 47.6 Å². The Morgan fingerprint density at radius 3 is 1.68 bits per heavy atom. The number of primary amides is 1. The molecule has 0 aliphatic carbocycles. The third kappa shape index (κ3) is 9.69. The third-order valence-corrected chi connectivity index (χ3v) is 5.26. The summed E-state index contributed by atoms with van der Waals surface area (Å²) in [6.07, 6.45) is 4.10. The molecular weight excluding hydrogens is 506 g/mol. The predicted molar refractivity (Wildman–Crippen MR) is 127 cm³/mol. The molecule has 17 nitrogen and oxygen atoms in total. The molecule has 11 N–H and O–H groups in total. The summed E-state index contributed by atoms with van der Waals surface area (Å²) in [6, 6.07) is -5.57. The first-order valence-corrected chi connectivity index (χ1v) is 11.3. The van der Waals surface area contributed by atoms with E-state index >= 15 is 0 Å². The van der Waals surface area contributed by atoms with Crippen LogP contribution in [0.3, 0.4) is 0 Å². The van der Waals surface area contributed by atoms with Crippen LogP contribution in [0.25, 0.3) is 0 Å². The lowest BCUT2D eigenvalue weighted by atomic mass is 10.1. The van der Waals surface area contributed by atoms with Crippen LogP contribution in [0.15, 0.2) is 25.0 Å². The van der Waals surface area contributed by atoms with Crippen molar-refractivity contribution < 1.29 is 39.0 Å². The summed E-state index contributed by atoms with van der Waals surface area (Å²) in [5.41, 5.74) is 11.7. The Bertz CT molecular complexity index is 1120. The zero-order valence-electron chi connectivity index (χ0n) is 20.0. The van der Waals surface area contributed by atoms with E-state index in [2.05, 4.69) is 35.9 Å². The van der Waals surface area contributed by atoms with E-state index in [1.54, 1.807) is 0 Å². The first kappa shape index (κ1) is 29.4. The normalized spacial score (nSPS) is 13.9. The fraction of sp³-hybridized carbons (Fsp3) is 0.429. The zero-order chi connectivity index (χ0) is 28.2. The van der Waals surface area contributed by atoms with Gasteiger partial charge in [-0.3, -0.25) is 24.0 Å². The number of hydrogen-bond donors (Lipinski definition) is 9. The second-order valence-corrected chi connectivity index (χ2v) is 8.29. The summed E-state index contributed by atoms with van der Waals surface area (Å²) in [5, 5.41) is 25.2. The lowest BCUT2D eigenvalue weighted by Gasteiger charge is -2.24. The molecule has 4 amide bonds. The van der Waals surface area contributed by atoms with Crippen LogP contribution in [0, 0.1) is 0 Å². The van der Waals surface area contributed by atoms with Gasteiger partial charge in [-0.2, -0.15) is 0 Å². The van der Waals surface area contributed by atoms with Crippen LogP contribution in [0.1, 0.15) is 30.7 Å². The van der Waals surface area contributed by atoms with E-state index < -0.39 is 66.2 Å². The SMILES string of the molecule is NC(=O)CCC(N)C(=O)NC(Cc1cnc[nH]1)C(=O)NC(Cc1cnc[nH]1)C(=O)NC(CC(=O)O)C(=O)O. The molecule has 2 aromatic rings. The summed E-state index contributed by atoms with van der Waals surface area (Å²) < 4.78 is 0. The summed E-state index contributed by atoms with van der Waals surface area (Å²) in [5.74, 6) is -6.27. The zero-order valence-corrected chi connectivity index (χ0v) is 20.0. The fourth-order valence-corrected chi connectivity index (χ4v) is 3.28. The van der Waals surface area contributed by atoms with Gasteiger partial charge in [0.25, 0.3) is 0 Å². The number of nitrogens with zero attached hydrogens (tertiary/aromatic N) is 2. The fourth-order valence-electron chi connectivity index (χ4n) is 3.28. The van der Waals surface area contributed by atoms with Crippen LogP contribution in [0.4, 0.5) is 0 Å². The van der Waals surface area contributed by atoms with Gasteiger partial charge in [0.1, 0.15) is 18.1 Å². The first-order chi connectivity index (χ1) is 18.0. The Kier molecular flexibility index (Phi) is 10.9. The van der Waals surface area contributed by atoms with Gasteiger partial charge in [0.2, 0.25) is 23.6 Å². The van der Waals surface area contributed by atoms with Crippen molar-refractivity contribution in [2.45, 2.75) is 56.3 Å². The van der Waals surface area contributed by atoms with Gasteiger partial charge in [-0.25, -0.2) is 14.8 Å². The van der Waals surface area contributed by atoms with E-state index in [9.17, 15) is 33.9 Å². The van der Waals surface area contributed by atoms with Crippen molar-refractivity contribution in [1.82, 2.24) is 35.9 Å². The average Bonchev–Trinajstić information content (AvgIpc) is 3.55. The number of imidazole rings is 2. The quantitative estimate of drug-likeness (QED) is 0.102. The van der Waals surface area contributed by atoms with Crippen molar-refractivity contribution in [2.24, 2.45) is 11.5 Å². The summed E-state index contributed by atoms with van der Waals surface area (Å²) in [7, 11) is 0. The van der Waals surface area contributed by atoms with E-state index in [-0.39, 0.29) is 25.7 Å². The minimum absolute atomic E-state index is 0.0649. The van der Waals surface area contributed by atoms with Crippen LogP contribution in [0.5, 0.6) is 0 Å². The molecule has 38 heavy (non-hydrogen) atoms. The molecule has 2 heterocycles. The van der Waals surface area contributed by atoms with Crippen LogP contribution in [-0.2, 0) is 41.6 Å². The van der Waals surface area contributed by atoms with Crippen LogP contribution < -0.4 is 27.4 Å². The molecule has 2 rings (SSSR count). The number of nitrogens with two attached hydrogens (primary N) is 2. The van der Waals surface area contributed by atoms with Gasteiger partial charge in [-0.1, -0.05) is 0 Å². The van der Waals surface area contributed by atoms with Gasteiger partial charge in [0.05, 0.1) is 25.1 Å². The molecule has 0 aromatic carbocycles. The highest BCUT2D eigenvalue weighted by atomic mass is 16.4. The second kappa shape index (κ2) is 14.1. The number of amides is 4. The molecule has 0 aliphatic heterocycles. The minimum atomic E-state index is -1.76. The number of hydrogen-bond acceptors (Lipinski definition) is 9. The molecule has 4 atom stereocenters. The predicted octanol–water partition coefficient (Wildman–Crippen LogP) is -3.48. The van der Waals surface area contributed by atoms with Crippen LogP contribution >= 0.6 is 0 Å². The number of carboxylic acid groups (broad SMARTS) is 2. The highest BCUT2D eigenvalue weighted by Crippen LogP contribution is 2.05. The maximum absolute atomic E-state index is 13.2. The van der Waals surface area contributed by atoms with Gasteiger partial charge >= 0.3 is 11.9 Å². The smallest absolute Gasteiger partial charge is 0.326 e. The minimum Gasteiger partial charge on any atom is -0.481 e. The summed E-state index contributed by atoms with van der Waals surface area (Å²) >= 11 is 0. The van der Waals surface area contributed by atoms with E-state index in [4.69, 9.17) is 16.6 Å². The van der Waals surface area contributed by atoms with Crippen LogP contribution in [0.2, 0.25) is 0 Å².